The van der Waals surface area contributed by atoms with Crippen LogP contribution in [-0.4, -0.2) is 28.4 Å². The fourth-order valence-corrected chi connectivity index (χ4v) is 2.24. The highest BCUT2D eigenvalue weighted by Gasteiger charge is 2.19. The summed E-state index contributed by atoms with van der Waals surface area (Å²) in [7, 11) is -2.02. The Morgan fingerprint density at radius 2 is 2.25 bits per heavy atom. The van der Waals surface area contributed by atoms with Gasteiger partial charge in [-0.2, -0.15) is 10.2 Å². The van der Waals surface area contributed by atoms with Crippen molar-refractivity contribution in [2.75, 3.05) is 10.5 Å². The second-order valence-corrected chi connectivity index (χ2v) is 4.81. The fourth-order valence-electron chi connectivity index (χ4n) is 1.18. The molecule has 4 N–H and O–H groups in total. The molecule has 0 amide bonds. The Hall–Kier alpha value is -2.03. The summed E-state index contributed by atoms with van der Waals surface area (Å²) in [6.07, 6.45) is 4.08. The number of aryl methyl sites for hydroxylation is 1. The molecule has 0 radical (unpaired) electrons. The zero-order valence-corrected chi connectivity index (χ0v) is 9.19. The molecule has 2 rings (SSSR count). The number of hydrogen-bond acceptors (Lipinski definition) is 5. The fraction of sp³-hybridized carbons (Fsp3) is 0.143. The van der Waals surface area contributed by atoms with Gasteiger partial charge >= 0.3 is 0 Å². The van der Waals surface area contributed by atoms with Crippen LogP contribution in [0.15, 0.2) is 23.5 Å². The van der Waals surface area contributed by atoms with Crippen molar-refractivity contribution in [1.82, 2.24) is 20.0 Å². The molecular weight excluding hydrogens is 232 g/mol. The Balaban J connectivity index is 2.31. The molecule has 0 saturated heterocycles. The highest BCUT2D eigenvalue weighted by atomic mass is 32.2. The first-order valence-corrected chi connectivity index (χ1v) is 5.77. The van der Waals surface area contributed by atoms with Crippen molar-refractivity contribution in [2.24, 2.45) is 7.05 Å². The number of H-pyrrole nitrogens is 1. The number of sulfonamides is 1. The molecule has 0 spiro atoms. The zero-order valence-electron chi connectivity index (χ0n) is 8.38. The van der Waals surface area contributed by atoms with E-state index in [9.17, 15) is 8.42 Å². The predicted molar refractivity (Wildman–Crippen MR) is 57.0 cm³/mol. The van der Waals surface area contributed by atoms with Crippen LogP contribution in [-0.2, 0) is 17.1 Å². The molecule has 2 aromatic rings. The Morgan fingerprint density at radius 3 is 2.75 bits per heavy atom. The lowest BCUT2D eigenvalue weighted by Crippen LogP contribution is -2.13. The number of rotatable bonds is 3. The van der Waals surface area contributed by atoms with Gasteiger partial charge in [0.05, 0.1) is 18.1 Å². The van der Waals surface area contributed by atoms with Crippen LogP contribution in [0.1, 0.15) is 0 Å². The molecule has 2 aromatic heterocycles. The van der Waals surface area contributed by atoms with E-state index in [0.717, 1.165) is 6.20 Å². The second kappa shape index (κ2) is 3.52. The first-order chi connectivity index (χ1) is 7.49. The summed E-state index contributed by atoms with van der Waals surface area (Å²) in [5, 5.41) is 9.74. The maximum Gasteiger partial charge on any atom is 0.267 e. The third-order valence-electron chi connectivity index (χ3n) is 1.88. The molecule has 2 heterocycles. The van der Waals surface area contributed by atoms with E-state index in [4.69, 9.17) is 5.73 Å². The topological polar surface area (TPSA) is 119 Å². The van der Waals surface area contributed by atoms with Crippen LogP contribution in [0.25, 0.3) is 0 Å². The molecule has 0 bridgehead atoms. The van der Waals surface area contributed by atoms with Crippen LogP contribution in [0.5, 0.6) is 0 Å². The van der Waals surface area contributed by atoms with Crippen LogP contribution >= 0.6 is 0 Å². The quantitative estimate of drug-likeness (QED) is 0.672. The van der Waals surface area contributed by atoms with Crippen LogP contribution in [0.3, 0.4) is 0 Å². The van der Waals surface area contributed by atoms with Gasteiger partial charge in [0.15, 0.2) is 0 Å². The number of hydrogen-bond donors (Lipinski definition) is 3. The molecular formula is C7H10N6O2S. The number of nitrogens with two attached hydrogens (primary N) is 1. The Bertz CT molecular complexity index is 598. The van der Waals surface area contributed by atoms with E-state index >= 15 is 0 Å². The van der Waals surface area contributed by atoms with Crippen molar-refractivity contribution in [3.63, 3.8) is 0 Å². The van der Waals surface area contributed by atoms with Gasteiger partial charge in [-0.05, 0) is 0 Å². The molecule has 9 heteroatoms. The lowest BCUT2D eigenvalue weighted by Gasteiger charge is -2.03. The lowest BCUT2D eigenvalue weighted by molar-refractivity contribution is 0.601. The third-order valence-corrected chi connectivity index (χ3v) is 3.29. The first kappa shape index (κ1) is 10.5. The van der Waals surface area contributed by atoms with E-state index in [1.807, 2.05) is 0 Å². The summed E-state index contributed by atoms with van der Waals surface area (Å²) >= 11 is 0. The molecule has 0 aliphatic rings. The van der Waals surface area contributed by atoms with Gasteiger partial charge in [-0.15, -0.1) is 0 Å². The number of nitrogens with zero attached hydrogens (tertiary/aromatic N) is 3. The summed E-state index contributed by atoms with van der Waals surface area (Å²) in [5.74, 6) is -0.00334. The lowest BCUT2D eigenvalue weighted by atomic mass is 10.6. The number of nitrogen functional groups attached to an aromatic ring is 1. The average Bonchev–Trinajstić information content (AvgIpc) is 2.74. The Labute approximate surface area is 91.5 Å². The average molecular weight is 242 g/mol. The Kier molecular flexibility index (Phi) is 2.31. The van der Waals surface area contributed by atoms with Crippen molar-refractivity contribution in [1.29, 1.82) is 0 Å². The standard InChI is InChI=1S/C7H10N6O2S/c1-13-4-5(2-10-13)12-16(14,15)6-3-9-11-7(6)8/h2-4,12H,1H3,(H3,8,9,11). The number of aromatic nitrogens is 4. The smallest absolute Gasteiger partial charge is 0.267 e. The predicted octanol–water partition coefficient (Wildman–Crippen LogP) is -0.474. The van der Waals surface area contributed by atoms with Gasteiger partial charge in [0.1, 0.15) is 10.7 Å². The van der Waals surface area contributed by atoms with Crippen LogP contribution in [0.2, 0.25) is 0 Å². The summed E-state index contributed by atoms with van der Waals surface area (Å²) in [6, 6.07) is 0. The van der Waals surface area contributed by atoms with Crippen LogP contribution in [0, 0.1) is 0 Å². The second-order valence-electron chi connectivity index (χ2n) is 3.16. The van der Waals surface area contributed by atoms with Gasteiger partial charge in [-0.1, -0.05) is 0 Å². The van der Waals surface area contributed by atoms with E-state index in [2.05, 4.69) is 20.0 Å². The van der Waals surface area contributed by atoms with E-state index in [1.165, 1.54) is 17.1 Å². The molecule has 8 nitrogen and oxygen atoms in total. The summed E-state index contributed by atoms with van der Waals surface area (Å²) in [6.45, 7) is 0. The normalized spacial score (nSPS) is 11.6. The molecule has 0 saturated carbocycles. The molecule has 0 unspecified atom stereocenters. The third kappa shape index (κ3) is 1.84. The van der Waals surface area contributed by atoms with Gasteiger partial charge < -0.3 is 5.73 Å². The summed E-state index contributed by atoms with van der Waals surface area (Å²) in [5.41, 5.74) is 5.79. The van der Waals surface area contributed by atoms with E-state index in [-0.39, 0.29) is 10.7 Å². The first-order valence-electron chi connectivity index (χ1n) is 4.29. The van der Waals surface area contributed by atoms with Crippen molar-refractivity contribution < 1.29 is 8.42 Å². The van der Waals surface area contributed by atoms with Crippen LogP contribution < -0.4 is 10.5 Å². The molecule has 86 valence electrons. The highest BCUT2D eigenvalue weighted by molar-refractivity contribution is 7.92. The van der Waals surface area contributed by atoms with Gasteiger partial charge in [-0.25, -0.2) is 8.42 Å². The minimum absolute atomic E-state index is 0.00334. The van der Waals surface area contributed by atoms with Gasteiger partial charge in [0, 0.05) is 13.2 Å². The molecule has 0 aromatic carbocycles. The number of aromatic amines is 1. The summed E-state index contributed by atoms with van der Waals surface area (Å²) < 4.78 is 27.4. The number of anilines is 2. The summed E-state index contributed by atoms with van der Waals surface area (Å²) in [4.78, 5) is -0.0867. The van der Waals surface area contributed by atoms with E-state index in [0.29, 0.717) is 5.69 Å². The largest absolute Gasteiger partial charge is 0.383 e. The van der Waals surface area contributed by atoms with Crippen LogP contribution in [0.4, 0.5) is 11.5 Å². The van der Waals surface area contributed by atoms with Gasteiger partial charge in [0.2, 0.25) is 0 Å². The maximum absolute atomic E-state index is 11.8. The molecule has 16 heavy (non-hydrogen) atoms. The molecule has 0 fully saturated rings. The minimum atomic E-state index is -3.71. The van der Waals surface area contributed by atoms with Gasteiger partial charge in [-0.3, -0.25) is 14.5 Å². The van der Waals surface area contributed by atoms with Crippen molar-refractivity contribution in [3.8, 4) is 0 Å². The molecule has 0 atom stereocenters. The maximum atomic E-state index is 11.8. The zero-order chi connectivity index (χ0) is 11.8. The van der Waals surface area contributed by atoms with E-state index < -0.39 is 10.0 Å². The molecule has 0 aliphatic heterocycles. The minimum Gasteiger partial charge on any atom is -0.383 e. The molecule has 0 aliphatic carbocycles. The highest BCUT2D eigenvalue weighted by Crippen LogP contribution is 2.18. The Morgan fingerprint density at radius 1 is 1.50 bits per heavy atom. The SMILES string of the molecule is Cn1cc(NS(=O)(=O)c2cn[nH]c2N)cn1. The van der Waals surface area contributed by atoms with Gasteiger partial charge in [0.25, 0.3) is 10.0 Å². The number of nitrogens with one attached hydrogen (secondary N) is 2. The monoisotopic (exact) mass is 242 g/mol. The van der Waals surface area contributed by atoms with Crippen molar-refractivity contribution in [2.45, 2.75) is 4.90 Å². The van der Waals surface area contributed by atoms with E-state index in [1.54, 1.807) is 7.05 Å². The van der Waals surface area contributed by atoms with Crippen molar-refractivity contribution >= 4 is 21.5 Å². The van der Waals surface area contributed by atoms with Crippen molar-refractivity contribution in [3.05, 3.63) is 18.6 Å².